The topological polar surface area (TPSA) is 67.3 Å². The Kier molecular flexibility index (Phi) is 6.39. The van der Waals surface area contributed by atoms with Crippen LogP contribution in [0.3, 0.4) is 0 Å². The second-order valence-corrected chi connectivity index (χ2v) is 8.12. The van der Waals surface area contributed by atoms with Crippen molar-refractivity contribution in [1.29, 1.82) is 0 Å². The Morgan fingerprint density at radius 3 is 2.59 bits per heavy atom. The van der Waals surface area contributed by atoms with Crippen molar-refractivity contribution < 1.29 is 9.53 Å². The molecule has 1 aliphatic carbocycles. The fourth-order valence-electron chi connectivity index (χ4n) is 4.44. The van der Waals surface area contributed by atoms with E-state index in [4.69, 9.17) is 4.74 Å². The van der Waals surface area contributed by atoms with Crippen molar-refractivity contribution in [3.05, 3.63) is 54.1 Å². The predicted molar refractivity (Wildman–Crippen MR) is 112 cm³/mol. The third-order valence-electron chi connectivity index (χ3n) is 6.03. The highest BCUT2D eigenvalue weighted by Crippen LogP contribution is 2.28. The van der Waals surface area contributed by atoms with Crippen molar-refractivity contribution in [3.63, 3.8) is 0 Å². The zero-order chi connectivity index (χ0) is 20.1. The largest absolute Gasteiger partial charge is 0.489 e. The van der Waals surface area contributed by atoms with E-state index in [-0.39, 0.29) is 24.1 Å². The molecule has 0 aromatic carbocycles. The van der Waals surface area contributed by atoms with Crippen molar-refractivity contribution in [3.8, 4) is 5.75 Å². The third-order valence-corrected chi connectivity index (χ3v) is 6.03. The lowest BCUT2D eigenvalue weighted by molar-refractivity contribution is -0.127. The summed E-state index contributed by atoms with van der Waals surface area (Å²) < 4.78 is 6.15. The van der Waals surface area contributed by atoms with Crippen LogP contribution in [0.4, 0.5) is 0 Å². The maximum atomic E-state index is 13.2. The summed E-state index contributed by atoms with van der Waals surface area (Å²) in [5, 5.41) is 3.31. The fraction of sp³-hybridized carbons (Fsp3) is 0.522. The molecule has 2 aliphatic rings. The number of hydrogen-bond acceptors (Lipinski definition) is 5. The zero-order valence-electron chi connectivity index (χ0n) is 17.1. The van der Waals surface area contributed by atoms with Crippen molar-refractivity contribution in [2.45, 2.75) is 63.6 Å². The summed E-state index contributed by atoms with van der Waals surface area (Å²) in [5.41, 5.74) is 1.91. The Balaban J connectivity index is 1.34. The highest BCUT2D eigenvalue weighted by atomic mass is 16.5. The number of aromatic nitrogens is 2. The summed E-state index contributed by atoms with van der Waals surface area (Å²) in [6, 6.07) is 7.78. The van der Waals surface area contributed by atoms with Gasteiger partial charge in [-0.05, 0) is 82.3 Å². The smallest absolute Gasteiger partial charge is 0.242 e. The van der Waals surface area contributed by atoms with E-state index in [1.54, 1.807) is 12.4 Å². The molecular weight excluding hydrogens is 364 g/mol. The second-order valence-electron chi connectivity index (χ2n) is 8.12. The maximum absolute atomic E-state index is 13.2. The lowest BCUT2D eigenvalue weighted by Crippen LogP contribution is -2.45. The number of rotatable bonds is 6. The molecule has 6 nitrogen and oxygen atoms in total. The van der Waals surface area contributed by atoms with E-state index in [0.717, 1.165) is 68.6 Å². The molecule has 1 N–H and O–H groups in total. The van der Waals surface area contributed by atoms with Crippen LogP contribution in [0.25, 0.3) is 0 Å². The van der Waals surface area contributed by atoms with Gasteiger partial charge in [0, 0.05) is 24.6 Å². The number of ether oxygens (including phenoxy) is 1. The van der Waals surface area contributed by atoms with Crippen LogP contribution in [0.2, 0.25) is 0 Å². The Hall–Kier alpha value is -2.47. The van der Waals surface area contributed by atoms with Gasteiger partial charge in [0.1, 0.15) is 11.8 Å². The molecule has 29 heavy (non-hydrogen) atoms. The van der Waals surface area contributed by atoms with Crippen LogP contribution in [-0.4, -0.2) is 46.0 Å². The van der Waals surface area contributed by atoms with Gasteiger partial charge in [-0.15, -0.1) is 0 Å². The molecule has 4 rings (SSSR count). The number of carbonyl (C=O) groups excluding carboxylic acids is 1. The second kappa shape index (κ2) is 9.35. The van der Waals surface area contributed by atoms with E-state index >= 15 is 0 Å². The quantitative estimate of drug-likeness (QED) is 0.813. The SMILES string of the molecule is Cc1ncccc1OC1CCC(NC(=O)C(c2cccnc2)N2CCCC2)CC1. The summed E-state index contributed by atoms with van der Waals surface area (Å²) in [7, 11) is 0. The van der Waals surface area contributed by atoms with Crippen LogP contribution >= 0.6 is 0 Å². The van der Waals surface area contributed by atoms with Crippen LogP contribution in [0.5, 0.6) is 5.75 Å². The van der Waals surface area contributed by atoms with Crippen LogP contribution in [0.1, 0.15) is 55.8 Å². The number of nitrogens with one attached hydrogen (secondary N) is 1. The Bertz CT molecular complexity index is 800. The molecule has 2 aromatic heterocycles. The predicted octanol–water partition coefficient (Wildman–Crippen LogP) is 3.43. The first-order valence-corrected chi connectivity index (χ1v) is 10.7. The zero-order valence-corrected chi connectivity index (χ0v) is 17.1. The summed E-state index contributed by atoms with van der Waals surface area (Å²) >= 11 is 0. The minimum absolute atomic E-state index is 0.104. The van der Waals surface area contributed by atoms with E-state index < -0.39 is 0 Å². The van der Waals surface area contributed by atoms with Gasteiger partial charge in [-0.2, -0.15) is 0 Å². The molecule has 0 bridgehead atoms. The van der Waals surface area contributed by atoms with E-state index in [2.05, 4.69) is 20.2 Å². The Labute approximate surface area is 172 Å². The van der Waals surface area contributed by atoms with Gasteiger partial charge in [-0.1, -0.05) is 6.07 Å². The highest BCUT2D eigenvalue weighted by molar-refractivity contribution is 5.83. The maximum Gasteiger partial charge on any atom is 0.242 e. The fourth-order valence-corrected chi connectivity index (χ4v) is 4.44. The molecule has 2 aromatic rings. The van der Waals surface area contributed by atoms with Crippen molar-refractivity contribution >= 4 is 5.91 Å². The Morgan fingerprint density at radius 2 is 1.90 bits per heavy atom. The normalized spacial score (nSPS) is 23.5. The summed E-state index contributed by atoms with van der Waals surface area (Å²) in [6.45, 7) is 3.91. The van der Waals surface area contributed by atoms with Gasteiger partial charge >= 0.3 is 0 Å². The molecule has 2 fully saturated rings. The van der Waals surface area contributed by atoms with Crippen LogP contribution in [0, 0.1) is 6.92 Å². The number of likely N-dealkylation sites (tertiary alicyclic amines) is 1. The van der Waals surface area contributed by atoms with E-state index in [1.165, 1.54) is 0 Å². The van der Waals surface area contributed by atoms with Gasteiger partial charge in [0.25, 0.3) is 0 Å². The molecule has 154 valence electrons. The van der Waals surface area contributed by atoms with Gasteiger partial charge < -0.3 is 10.1 Å². The standard InChI is InChI=1S/C23H30N4O2/c1-17-21(7-5-13-25-17)29-20-10-8-19(9-11-20)26-23(28)22(27-14-2-3-15-27)18-6-4-12-24-16-18/h4-7,12-13,16,19-20,22H,2-3,8-11,14-15H2,1H3,(H,26,28). The molecular formula is C23H30N4O2. The lowest BCUT2D eigenvalue weighted by Gasteiger charge is -2.32. The molecule has 0 radical (unpaired) electrons. The number of amides is 1. The van der Waals surface area contributed by atoms with Crippen LogP contribution in [0.15, 0.2) is 42.9 Å². The number of aryl methyl sites for hydroxylation is 1. The number of hydrogen-bond donors (Lipinski definition) is 1. The van der Waals surface area contributed by atoms with Gasteiger partial charge in [0.2, 0.25) is 5.91 Å². The summed E-state index contributed by atoms with van der Waals surface area (Å²) in [4.78, 5) is 24.0. The third kappa shape index (κ3) is 4.93. The molecule has 1 atom stereocenters. The van der Waals surface area contributed by atoms with Gasteiger partial charge in [0.15, 0.2) is 0 Å². The molecule has 1 saturated heterocycles. The minimum Gasteiger partial charge on any atom is -0.489 e. The first-order chi connectivity index (χ1) is 14.2. The van der Waals surface area contributed by atoms with Crippen LogP contribution in [-0.2, 0) is 4.79 Å². The van der Waals surface area contributed by atoms with Crippen molar-refractivity contribution in [2.75, 3.05) is 13.1 Å². The number of pyridine rings is 2. The molecule has 1 aliphatic heterocycles. The van der Waals surface area contributed by atoms with Crippen molar-refractivity contribution in [1.82, 2.24) is 20.2 Å². The summed E-state index contributed by atoms with van der Waals surface area (Å²) in [5.74, 6) is 0.970. The van der Waals surface area contributed by atoms with E-state index in [9.17, 15) is 4.79 Å². The molecule has 1 unspecified atom stereocenters. The molecule has 0 spiro atoms. The lowest BCUT2D eigenvalue weighted by atomic mass is 9.92. The minimum atomic E-state index is -0.238. The van der Waals surface area contributed by atoms with Gasteiger partial charge in [0.05, 0.1) is 11.8 Å². The average Bonchev–Trinajstić information content (AvgIpc) is 3.26. The average molecular weight is 395 g/mol. The monoisotopic (exact) mass is 394 g/mol. The van der Waals surface area contributed by atoms with Gasteiger partial charge in [-0.3, -0.25) is 19.7 Å². The number of carbonyl (C=O) groups is 1. The molecule has 1 saturated carbocycles. The van der Waals surface area contributed by atoms with E-state index in [0.29, 0.717) is 0 Å². The first-order valence-electron chi connectivity index (χ1n) is 10.7. The summed E-state index contributed by atoms with van der Waals surface area (Å²) in [6.07, 6.45) is 11.6. The molecule has 1 amide bonds. The number of nitrogens with zero attached hydrogens (tertiary/aromatic N) is 3. The van der Waals surface area contributed by atoms with Crippen molar-refractivity contribution in [2.24, 2.45) is 0 Å². The Morgan fingerprint density at radius 1 is 1.14 bits per heavy atom. The van der Waals surface area contributed by atoms with Gasteiger partial charge in [-0.25, -0.2) is 0 Å². The first kappa shape index (κ1) is 19.8. The molecule has 3 heterocycles. The van der Waals surface area contributed by atoms with E-state index in [1.807, 2.05) is 37.4 Å². The van der Waals surface area contributed by atoms with Crippen LogP contribution < -0.4 is 10.1 Å². The highest BCUT2D eigenvalue weighted by Gasteiger charge is 2.32. The molecule has 6 heteroatoms.